The zero-order valence-electron chi connectivity index (χ0n) is 38.8. The Bertz CT molecular complexity index is 1950. The average Bonchev–Trinajstić information content (AvgIpc) is 3.29. The van der Waals surface area contributed by atoms with Crippen molar-refractivity contribution < 1.29 is 71.1 Å². The van der Waals surface area contributed by atoms with Gasteiger partial charge in [-0.1, -0.05) is 97.8 Å². The Morgan fingerprint density at radius 3 is 1.10 bits per heavy atom. The van der Waals surface area contributed by atoms with Gasteiger partial charge in [0, 0.05) is 42.0 Å². The molecule has 0 saturated carbocycles. The van der Waals surface area contributed by atoms with Gasteiger partial charge < -0.3 is 18.4 Å². The standard InChI is InChI=1S/C44H60BF9NO3.C6H2F3/c1-5-8-11-14-17-20-23-55(24-21-18-15-12-9-6-2,25-22-19-16-13-10-7-3)31(4)40-39(30-38(50)43(53)44(40)54)58-45(56-32-26-34(46)41(51)35(47)27-32)57-33-28-36(48)42(52)37(49)29-33;7-4-2-1-3-5(8)6(4)9/h26-31H,5-25H2,1-4H3;2-3H/q+1;-1. The smallest absolute Gasteiger partial charge is 0.489 e. The molecule has 0 saturated heterocycles. The highest BCUT2D eigenvalue weighted by molar-refractivity contribution is 6.39. The summed E-state index contributed by atoms with van der Waals surface area (Å²) in [5, 5.41) is 0. The van der Waals surface area contributed by atoms with Crippen molar-refractivity contribution in [1.29, 1.82) is 0 Å². The van der Waals surface area contributed by atoms with Gasteiger partial charge in [-0.05, 0) is 45.4 Å². The Morgan fingerprint density at radius 2 is 0.746 bits per heavy atom. The van der Waals surface area contributed by atoms with Crippen LogP contribution in [0.15, 0.2) is 42.5 Å². The van der Waals surface area contributed by atoms with Gasteiger partial charge in [0.15, 0.2) is 52.4 Å². The summed E-state index contributed by atoms with van der Waals surface area (Å²) in [5.41, 5.74) is -0.369. The minimum atomic E-state index is -2.33. The van der Waals surface area contributed by atoms with E-state index in [1.807, 2.05) is 0 Å². The zero-order chi connectivity index (χ0) is 49.5. The number of unbranched alkanes of at least 4 members (excludes halogenated alkanes) is 15. The molecule has 0 radical (unpaired) electrons. The van der Waals surface area contributed by atoms with Gasteiger partial charge in [-0.2, -0.15) is 6.07 Å². The Kier molecular flexibility index (Phi) is 24.9. The lowest BCUT2D eigenvalue weighted by Gasteiger charge is -2.45. The first-order valence-corrected chi connectivity index (χ1v) is 23.3. The van der Waals surface area contributed by atoms with Crippen LogP contribution in [0.2, 0.25) is 0 Å². The fraction of sp³-hybridized carbons (Fsp3) is 0.520. The molecule has 0 aliphatic heterocycles. The minimum Gasteiger partial charge on any atom is -0.489 e. The summed E-state index contributed by atoms with van der Waals surface area (Å²) in [6.07, 6.45) is 17.9. The van der Waals surface area contributed by atoms with Crippen LogP contribution >= 0.6 is 0 Å². The molecule has 17 heteroatoms. The van der Waals surface area contributed by atoms with Crippen molar-refractivity contribution in [2.24, 2.45) is 0 Å². The van der Waals surface area contributed by atoms with Crippen LogP contribution in [0, 0.1) is 75.9 Å². The van der Waals surface area contributed by atoms with Crippen LogP contribution in [0.5, 0.6) is 17.2 Å². The monoisotopic (exact) mass is 963 g/mol. The number of nitrogens with zero attached hydrogens (tertiary/aromatic N) is 1. The Labute approximate surface area is 387 Å². The topological polar surface area (TPSA) is 27.7 Å². The maximum atomic E-state index is 16.4. The van der Waals surface area contributed by atoms with Gasteiger partial charge in [0.25, 0.3) is 0 Å². The largest absolute Gasteiger partial charge is 0.864 e. The second-order valence-corrected chi connectivity index (χ2v) is 16.8. The lowest BCUT2D eigenvalue weighted by atomic mass is 9.97. The number of halogens is 12. The fourth-order valence-electron chi connectivity index (χ4n) is 7.91. The van der Waals surface area contributed by atoms with E-state index in [1.165, 1.54) is 0 Å². The van der Waals surface area contributed by atoms with Crippen molar-refractivity contribution in [2.45, 2.75) is 149 Å². The number of rotatable bonds is 29. The van der Waals surface area contributed by atoms with Crippen molar-refractivity contribution >= 4 is 7.32 Å². The summed E-state index contributed by atoms with van der Waals surface area (Å²) in [6, 6.07) is 4.95. The van der Waals surface area contributed by atoms with Crippen LogP contribution in [0.4, 0.5) is 52.7 Å². The third-order valence-corrected chi connectivity index (χ3v) is 11.7. The minimum absolute atomic E-state index is 0.322. The summed E-state index contributed by atoms with van der Waals surface area (Å²) in [4.78, 5) is 0. The van der Waals surface area contributed by atoms with Gasteiger partial charge >= 0.3 is 7.32 Å². The molecule has 0 fully saturated rings. The van der Waals surface area contributed by atoms with E-state index in [9.17, 15) is 39.5 Å². The molecule has 0 bridgehead atoms. The van der Waals surface area contributed by atoms with Gasteiger partial charge in [0.1, 0.15) is 23.3 Å². The molecule has 0 N–H and O–H groups in total. The molecule has 4 rings (SSSR count). The molecule has 0 spiro atoms. The molecule has 4 aromatic rings. The molecule has 372 valence electrons. The van der Waals surface area contributed by atoms with Gasteiger partial charge in [-0.25, -0.2) is 43.9 Å². The molecule has 67 heavy (non-hydrogen) atoms. The van der Waals surface area contributed by atoms with Crippen LogP contribution in [-0.2, 0) is 0 Å². The summed E-state index contributed by atoms with van der Waals surface area (Å²) in [7, 11) is -2.33. The van der Waals surface area contributed by atoms with E-state index in [2.05, 4.69) is 26.8 Å². The van der Waals surface area contributed by atoms with Crippen LogP contribution in [-0.4, -0.2) is 31.4 Å². The normalized spacial score (nSPS) is 11.9. The van der Waals surface area contributed by atoms with E-state index in [1.54, 1.807) is 6.92 Å². The first-order chi connectivity index (χ1) is 32.0. The lowest BCUT2D eigenvalue weighted by molar-refractivity contribution is -0.956. The lowest BCUT2D eigenvalue weighted by Crippen LogP contribution is -2.52. The number of benzene rings is 4. The highest BCUT2D eigenvalue weighted by Gasteiger charge is 2.41. The summed E-state index contributed by atoms with van der Waals surface area (Å²) in [5.74, 6) is -21.3. The van der Waals surface area contributed by atoms with Crippen molar-refractivity contribution in [1.82, 2.24) is 0 Å². The Morgan fingerprint density at radius 1 is 0.418 bits per heavy atom. The van der Waals surface area contributed by atoms with Gasteiger partial charge in [-0.15, -0.1) is 12.1 Å². The Balaban J connectivity index is 0.00000118. The molecule has 1 unspecified atom stereocenters. The van der Waals surface area contributed by atoms with E-state index >= 15 is 13.2 Å². The van der Waals surface area contributed by atoms with E-state index < -0.39 is 100 Å². The van der Waals surface area contributed by atoms with Crippen LogP contribution in [0.1, 0.15) is 155 Å². The second-order valence-electron chi connectivity index (χ2n) is 16.8. The first kappa shape index (κ1) is 56.8. The molecule has 0 aliphatic carbocycles. The summed E-state index contributed by atoms with van der Waals surface area (Å²) < 4.78 is 185. The Hall–Kier alpha value is -4.54. The van der Waals surface area contributed by atoms with E-state index in [-0.39, 0.29) is 5.56 Å². The van der Waals surface area contributed by atoms with E-state index in [4.69, 9.17) is 14.0 Å². The van der Waals surface area contributed by atoms with Crippen LogP contribution in [0.3, 0.4) is 0 Å². The quantitative estimate of drug-likeness (QED) is 0.0136. The first-order valence-electron chi connectivity index (χ1n) is 23.3. The predicted octanol–water partition coefficient (Wildman–Crippen LogP) is 16.3. The molecule has 1 atom stereocenters. The molecular weight excluding hydrogens is 901 g/mol. The maximum absolute atomic E-state index is 16.4. The summed E-state index contributed by atoms with van der Waals surface area (Å²) in [6.45, 7) is 9.94. The van der Waals surface area contributed by atoms with Crippen molar-refractivity contribution in [3.05, 3.63) is 124 Å². The number of hydrogen-bond acceptors (Lipinski definition) is 3. The molecule has 0 aliphatic rings. The molecule has 0 heterocycles. The molecule has 4 aromatic carbocycles. The van der Waals surface area contributed by atoms with E-state index in [0.29, 0.717) is 54.4 Å². The van der Waals surface area contributed by atoms with Gasteiger partial charge in [0.2, 0.25) is 0 Å². The van der Waals surface area contributed by atoms with Crippen LogP contribution in [0.25, 0.3) is 0 Å². The second kappa shape index (κ2) is 29.4. The molecular formula is C50H62BF12NO3. The van der Waals surface area contributed by atoms with Crippen molar-refractivity contribution in [3.63, 3.8) is 0 Å². The number of quaternary nitrogens is 1. The SMILES string of the molecule is CCCCCCCC[N+](CCCCCCCC)(CCCCCCCC)C(C)c1c(OB(Oc2cc(F)c(F)c(F)c2)Oc2cc(F)c(F)c(F)c2)cc(F)c(F)c1F.Fc1c[c-]cc(F)c1F. The highest BCUT2D eigenvalue weighted by atomic mass is 19.2. The molecule has 0 amide bonds. The number of hydrogen-bond donors (Lipinski definition) is 0. The highest BCUT2D eigenvalue weighted by Crippen LogP contribution is 2.40. The van der Waals surface area contributed by atoms with Gasteiger partial charge in [-0.3, -0.25) is 8.78 Å². The van der Waals surface area contributed by atoms with Crippen molar-refractivity contribution in [3.8, 4) is 17.2 Å². The molecule has 0 aromatic heterocycles. The summed E-state index contributed by atoms with van der Waals surface area (Å²) >= 11 is 0. The zero-order valence-corrected chi connectivity index (χ0v) is 38.8. The van der Waals surface area contributed by atoms with Gasteiger partial charge in [0.05, 0.1) is 31.0 Å². The van der Waals surface area contributed by atoms with Crippen molar-refractivity contribution in [2.75, 3.05) is 19.6 Å². The van der Waals surface area contributed by atoms with E-state index in [0.717, 1.165) is 128 Å². The third-order valence-electron chi connectivity index (χ3n) is 11.7. The fourth-order valence-corrected chi connectivity index (χ4v) is 7.91. The third kappa shape index (κ3) is 17.8. The maximum Gasteiger partial charge on any atom is 0.864 e. The molecule has 4 nitrogen and oxygen atoms in total. The predicted molar refractivity (Wildman–Crippen MR) is 235 cm³/mol. The van der Waals surface area contributed by atoms with Crippen LogP contribution < -0.4 is 14.0 Å². The average molecular weight is 964 g/mol.